The molecule has 164 valence electrons. The summed E-state index contributed by atoms with van der Waals surface area (Å²) in [5.74, 6) is 2.32. The third-order valence-electron chi connectivity index (χ3n) is 5.42. The Labute approximate surface area is 205 Å². The first-order valence-electron chi connectivity index (χ1n) is 11.4. The number of hydrogen-bond donors (Lipinski definition) is 0. The predicted octanol–water partition coefficient (Wildman–Crippen LogP) is 5.24. The summed E-state index contributed by atoms with van der Waals surface area (Å²) in [7, 11) is 0. The molecule has 0 spiro atoms. The van der Waals surface area contributed by atoms with Gasteiger partial charge in [-0.1, -0.05) is 0 Å². The maximum absolute atomic E-state index is 6.67. The van der Waals surface area contributed by atoms with Gasteiger partial charge in [0.2, 0.25) is 0 Å². The molecular weight excluding hydrogens is 522 g/mol. The number of aryl methyl sites for hydroxylation is 2. The van der Waals surface area contributed by atoms with Crippen molar-refractivity contribution in [3.63, 3.8) is 0 Å². The van der Waals surface area contributed by atoms with Crippen molar-refractivity contribution in [3.05, 3.63) is 102 Å². The van der Waals surface area contributed by atoms with Gasteiger partial charge in [0.15, 0.2) is 0 Å². The topological polar surface area (TPSA) is 13.1 Å². The third-order valence-corrected chi connectivity index (χ3v) is 10.0. The third kappa shape index (κ3) is 6.06. The van der Waals surface area contributed by atoms with Crippen molar-refractivity contribution in [2.75, 3.05) is 0 Å². The summed E-state index contributed by atoms with van der Waals surface area (Å²) < 4.78 is 11.0. The molecule has 32 heavy (non-hydrogen) atoms. The zero-order valence-corrected chi connectivity index (χ0v) is 22.3. The van der Waals surface area contributed by atoms with E-state index in [-0.39, 0.29) is 15.0 Å². The van der Waals surface area contributed by atoms with Gasteiger partial charge >= 0.3 is 206 Å². The van der Waals surface area contributed by atoms with E-state index < -0.39 is 0 Å². The molecule has 0 aliphatic rings. The number of rotatable bonds is 10. The van der Waals surface area contributed by atoms with Gasteiger partial charge < -0.3 is 0 Å². The molecule has 0 saturated carbocycles. The van der Waals surface area contributed by atoms with E-state index in [0.29, 0.717) is 15.0 Å². The Morgan fingerprint density at radius 3 is 2.06 bits per heavy atom. The van der Waals surface area contributed by atoms with Crippen molar-refractivity contribution in [1.82, 2.24) is 0 Å². The summed E-state index contributed by atoms with van der Waals surface area (Å²) in [4.78, 5) is 0. The SMILES string of the molecule is CCCCc1oc(-c2ccc(C)cc2)c(CC[Se]c2ccccc2)c1[Se]c1ccccc1. The minimum atomic E-state index is 0.256. The van der Waals surface area contributed by atoms with Gasteiger partial charge in [-0.25, -0.2) is 0 Å². The summed E-state index contributed by atoms with van der Waals surface area (Å²) >= 11 is 0.732. The van der Waals surface area contributed by atoms with Crippen LogP contribution in [0.1, 0.15) is 36.7 Å². The summed E-state index contributed by atoms with van der Waals surface area (Å²) in [5, 5.41) is 1.19. The number of hydrogen-bond acceptors (Lipinski definition) is 1. The Kier molecular flexibility index (Phi) is 8.48. The van der Waals surface area contributed by atoms with Gasteiger partial charge in [0, 0.05) is 0 Å². The van der Waals surface area contributed by atoms with Crippen molar-refractivity contribution < 1.29 is 4.42 Å². The van der Waals surface area contributed by atoms with Gasteiger partial charge in [-0.2, -0.15) is 0 Å². The molecule has 0 fully saturated rings. The second-order valence-electron chi connectivity index (χ2n) is 7.96. The predicted molar refractivity (Wildman–Crippen MR) is 139 cm³/mol. The molecule has 0 N–H and O–H groups in total. The minimum absolute atomic E-state index is 0.256. The first kappa shape index (κ1) is 23.1. The standard InChI is InChI=1S/C29H30OSe2/c1-3-4-15-27-29(32-25-13-9-6-10-14-25)26(20-21-31-24-11-7-5-8-12-24)28(30-27)23-18-16-22(2)17-19-23/h5-14,16-19H,3-4,15,20-21H2,1-2H3. The van der Waals surface area contributed by atoms with Crippen molar-refractivity contribution in [3.8, 4) is 11.3 Å². The summed E-state index contributed by atoms with van der Waals surface area (Å²) in [5.41, 5.74) is 3.95. The average molecular weight is 552 g/mol. The zero-order chi connectivity index (χ0) is 22.2. The molecule has 0 bridgehead atoms. The van der Waals surface area contributed by atoms with Gasteiger partial charge in [0.1, 0.15) is 0 Å². The second-order valence-corrected chi connectivity index (χ2v) is 12.7. The molecule has 0 aliphatic heterocycles. The van der Waals surface area contributed by atoms with Crippen molar-refractivity contribution in [1.29, 1.82) is 0 Å². The van der Waals surface area contributed by atoms with Gasteiger partial charge in [0.05, 0.1) is 0 Å². The van der Waals surface area contributed by atoms with Crippen molar-refractivity contribution in [2.45, 2.75) is 44.9 Å². The molecule has 4 aromatic rings. The first-order valence-corrected chi connectivity index (χ1v) is 15.1. The fourth-order valence-electron chi connectivity index (χ4n) is 3.68. The Balaban J connectivity index is 1.70. The fourth-order valence-corrected chi connectivity index (χ4v) is 7.87. The molecule has 0 atom stereocenters. The maximum atomic E-state index is 6.67. The molecule has 1 aromatic heterocycles. The number of furan rings is 1. The molecule has 0 unspecified atom stereocenters. The summed E-state index contributed by atoms with van der Waals surface area (Å²) in [6.45, 7) is 4.40. The molecular formula is C29H30OSe2. The van der Waals surface area contributed by atoms with Crippen LogP contribution in [0, 0.1) is 6.92 Å². The van der Waals surface area contributed by atoms with Crippen LogP contribution in [0.25, 0.3) is 11.3 Å². The molecule has 3 heteroatoms. The Bertz CT molecular complexity index is 1100. The summed E-state index contributed by atoms with van der Waals surface area (Å²) in [6, 6.07) is 30.7. The molecule has 0 amide bonds. The quantitative estimate of drug-likeness (QED) is 0.245. The van der Waals surface area contributed by atoms with Crippen LogP contribution in [0.2, 0.25) is 5.32 Å². The van der Waals surface area contributed by atoms with Crippen LogP contribution >= 0.6 is 0 Å². The Morgan fingerprint density at radius 2 is 1.41 bits per heavy atom. The average Bonchev–Trinajstić information content (AvgIpc) is 3.16. The van der Waals surface area contributed by atoms with E-state index in [4.69, 9.17) is 4.42 Å². The van der Waals surface area contributed by atoms with E-state index in [1.54, 1.807) is 0 Å². The molecule has 3 aromatic carbocycles. The summed E-state index contributed by atoms with van der Waals surface area (Å²) in [6.07, 6.45) is 4.47. The molecule has 4 rings (SSSR count). The van der Waals surface area contributed by atoms with Crippen molar-refractivity contribution in [2.24, 2.45) is 0 Å². The zero-order valence-electron chi connectivity index (χ0n) is 18.8. The number of benzene rings is 3. The van der Waals surface area contributed by atoms with Crippen LogP contribution in [0.15, 0.2) is 89.3 Å². The van der Waals surface area contributed by atoms with E-state index in [9.17, 15) is 0 Å². The van der Waals surface area contributed by atoms with Crippen LogP contribution in [-0.2, 0) is 12.8 Å². The van der Waals surface area contributed by atoms with E-state index in [1.165, 1.54) is 54.0 Å². The first-order chi connectivity index (χ1) is 15.7. The van der Waals surface area contributed by atoms with E-state index >= 15 is 0 Å². The molecule has 0 aliphatic carbocycles. The Hall–Kier alpha value is -2.02. The van der Waals surface area contributed by atoms with E-state index in [1.807, 2.05) is 0 Å². The monoisotopic (exact) mass is 554 g/mol. The molecule has 0 radical (unpaired) electrons. The molecule has 0 saturated heterocycles. The van der Waals surface area contributed by atoms with E-state index in [2.05, 4.69) is 98.8 Å². The Morgan fingerprint density at radius 1 is 0.750 bits per heavy atom. The van der Waals surface area contributed by atoms with Gasteiger partial charge in [-0.05, 0) is 0 Å². The van der Waals surface area contributed by atoms with Gasteiger partial charge in [-0.15, -0.1) is 0 Å². The molecule has 1 heterocycles. The number of unbranched alkanes of at least 4 members (excludes halogenated alkanes) is 1. The van der Waals surface area contributed by atoms with Crippen molar-refractivity contribution >= 4 is 43.3 Å². The van der Waals surface area contributed by atoms with Crippen LogP contribution in [0.4, 0.5) is 0 Å². The van der Waals surface area contributed by atoms with Crippen LogP contribution in [0.5, 0.6) is 0 Å². The normalized spacial score (nSPS) is 11.1. The van der Waals surface area contributed by atoms with Gasteiger partial charge in [-0.3, -0.25) is 0 Å². The van der Waals surface area contributed by atoms with Crippen LogP contribution < -0.4 is 13.4 Å². The fraction of sp³-hybridized carbons (Fsp3) is 0.241. The van der Waals surface area contributed by atoms with Crippen LogP contribution in [0.3, 0.4) is 0 Å². The van der Waals surface area contributed by atoms with Crippen LogP contribution in [-0.4, -0.2) is 29.9 Å². The molecule has 1 nitrogen and oxygen atoms in total. The van der Waals surface area contributed by atoms with Gasteiger partial charge in [0.25, 0.3) is 0 Å². The van der Waals surface area contributed by atoms with E-state index in [0.717, 1.165) is 18.6 Å². The second kappa shape index (κ2) is 11.7.